The SMILES string of the molecule is O=S(=O)(Cl)c1c(I)cc(C(F)F)nc1Br. The van der Waals surface area contributed by atoms with E-state index in [0.29, 0.717) is 0 Å². The molecule has 0 unspecified atom stereocenters. The Balaban J connectivity index is 3.48. The van der Waals surface area contributed by atoms with Crippen molar-refractivity contribution < 1.29 is 17.2 Å². The molecule has 0 bridgehead atoms. The first-order valence-electron chi connectivity index (χ1n) is 3.32. The molecular formula is C6H2BrClF2INO2S. The van der Waals surface area contributed by atoms with E-state index < -0.39 is 21.2 Å². The molecule has 0 N–H and O–H groups in total. The number of hydrogen-bond acceptors (Lipinski definition) is 3. The molecule has 1 heterocycles. The lowest BCUT2D eigenvalue weighted by Gasteiger charge is -2.06. The Morgan fingerprint density at radius 1 is 1.53 bits per heavy atom. The smallest absolute Gasteiger partial charge is 0.238 e. The van der Waals surface area contributed by atoms with E-state index in [1.54, 1.807) is 22.6 Å². The average Bonchev–Trinajstić information content (AvgIpc) is 1.99. The number of nitrogens with zero attached hydrogens (tertiary/aromatic N) is 1. The van der Waals surface area contributed by atoms with Gasteiger partial charge in [-0.25, -0.2) is 22.2 Å². The van der Waals surface area contributed by atoms with Gasteiger partial charge in [0.1, 0.15) is 15.2 Å². The third-order valence-electron chi connectivity index (χ3n) is 1.37. The summed E-state index contributed by atoms with van der Waals surface area (Å²) in [7, 11) is 1.11. The van der Waals surface area contributed by atoms with Crippen molar-refractivity contribution in [2.45, 2.75) is 11.3 Å². The highest BCUT2D eigenvalue weighted by Crippen LogP contribution is 2.31. The van der Waals surface area contributed by atoms with Crippen LogP contribution in [0.25, 0.3) is 0 Å². The van der Waals surface area contributed by atoms with Gasteiger partial charge in [-0.1, -0.05) is 0 Å². The number of pyridine rings is 1. The van der Waals surface area contributed by atoms with Crippen molar-refractivity contribution in [3.63, 3.8) is 0 Å². The van der Waals surface area contributed by atoms with Gasteiger partial charge in [0.15, 0.2) is 0 Å². The van der Waals surface area contributed by atoms with Crippen LogP contribution in [0.2, 0.25) is 0 Å². The van der Waals surface area contributed by atoms with Crippen LogP contribution < -0.4 is 0 Å². The van der Waals surface area contributed by atoms with Gasteiger partial charge in [-0.15, -0.1) is 0 Å². The van der Waals surface area contributed by atoms with Crippen molar-refractivity contribution in [1.29, 1.82) is 0 Å². The van der Waals surface area contributed by atoms with Gasteiger partial charge >= 0.3 is 0 Å². The first-order valence-corrected chi connectivity index (χ1v) is 7.50. The molecule has 3 nitrogen and oxygen atoms in total. The Morgan fingerprint density at radius 3 is 2.40 bits per heavy atom. The van der Waals surface area contributed by atoms with Gasteiger partial charge < -0.3 is 0 Å². The van der Waals surface area contributed by atoms with Gasteiger partial charge in [0.2, 0.25) is 0 Å². The Morgan fingerprint density at radius 2 is 2.07 bits per heavy atom. The summed E-state index contributed by atoms with van der Waals surface area (Å²) in [5.41, 5.74) is -0.504. The third kappa shape index (κ3) is 3.21. The van der Waals surface area contributed by atoms with Crippen molar-refractivity contribution in [2.75, 3.05) is 0 Å². The van der Waals surface area contributed by atoms with Crippen LogP contribution in [-0.2, 0) is 9.05 Å². The molecule has 9 heteroatoms. The number of alkyl halides is 2. The highest BCUT2D eigenvalue weighted by Gasteiger charge is 2.22. The third-order valence-corrected chi connectivity index (χ3v) is 4.79. The zero-order valence-electron chi connectivity index (χ0n) is 6.72. The Kier molecular flexibility index (Phi) is 4.29. The number of hydrogen-bond donors (Lipinski definition) is 0. The highest BCUT2D eigenvalue weighted by molar-refractivity contribution is 14.1. The first kappa shape index (κ1) is 13.5. The van der Waals surface area contributed by atoms with Crippen LogP contribution in [0, 0.1) is 3.57 Å². The average molecular weight is 432 g/mol. The molecule has 0 spiro atoms. The van der Waals surface area contributed by atoms with E-state index >= 15 is 0 Å². The minimum Gasteiger partial charge on any atom is -0.238 e. The van der Waals surface area contributed by atoms with Crippen molar-refractivity contribution in [1.82, 2.24) is 4.98 Å². The second kappa shape index (κ2) is 4.76. The minimum absolute atomic E-state index is 0.0970. The predicted molar refractivity (Wildman–Crippen MR) is 62.6 cm³/mol. The fourth-order valence-electron chi connectivity index (χ4n) is 0.819. The summed E-state index contributed by atoms with van der Waals surface area (Å²) in [6.07, 6.45) is -2.76. The molecule has 0 atom stereocenters. The standard InChI is InChI=1S/C6H2BrClF2INO2S/c7-5-4(15(8,13)14)2(11)1-3(12-5)6(9)10/h1,6H. The lowest BCUT2D eigenvalue weighted by Crippen LogP contribution is -2.01. The minimum atomic E-state index is -4.00. The maximum absolute atomic E-state index is 12.3. The first-order chi connectivity index (χ1) is 6.73. The zero-order chi connectivity index (χ0) is 11.8. The van der Waals surface area contributed by atoms with Crippen LogP contribution >= 0.6 is 49.2 Å². The van der Waals surface area contributed by atoms with Crippen LogP contribution in [0.5, 0.6) is 0 Å². The van der Waals surface area contributed by atoms with Crippen molar-refractivity contribution in [2.24, 2.45) is 0 Å². The fraction of sp³-hybridized carbons (Fsp3) is 0.167. The lowest BCUT2D eigenvalue weighted by molar-refractivity contribution is 0.145. The molecule has 0 aliphatic rings. The molecule has 1 rings (SSSR count). The van der Waals surface area contributed by atoms with Crippen molar-refractivity contribution in [3.8, 4) is 0 Å². The molecule has 0 saturated heterocycles. The zero-order valence-corrected chi connectivity index (χ0v) is 12.0. The predicted octanol–water partition coefficient (Wildman–Crippen LogP) is 3.31. The summed E-state index contributed by atoms with van der Waals surface area (Å²) in [6, 6.07) is 0.977. The van der Waals surface area contributed by atoms with Crippen LogP contribution in [0.3, 0.4) is 0 Å². The molecule has 0 radical (unpaired) electrons. The summed E-state index contributed by atoms with van der Waals surface area (Å²) < 4.78 is 46.6. The van der Waals surface area contributed by atoms with E-state index in [2.05, 4.69) is 20.9 Å². The monoisotopic (exact) mass is 431 g/mol. The Bertz CT molecular complexity index is 473. The van der Waals surface area contributed by atoms with E-state index in [4.69, 9.17) is 10.7 Å². The lowest BCUT2D eigenvalue weighted by atomic mass is 10.4. The fourth-order valence-corrected chi connectivity index (χ4v) is 5.37. The second-order valence-electron chi connectivity index (χ2n) is 2.39. The van der Waals surface area contributed by atoms with E-state index in [0.717, 1.165) is 6.07 Å². The van der Waals surface area contributed by atoms with Crippen molar-refractivity contribution >= 4 is 58.3 Å². The van der Waals surface area contributed by atoms with Crippen molar-refractivity contribution in [3.05, 3.63) is 19.9 Å². The van der Waals surface area contributed by atoms with E-state index in [1.165, 1.54) is 0 Å². The number of halogens is 5. The largest absolute Gasteiger partial charge is 0.280 e. The molecule has 1 aromatic heterocycles. The number of rotatable bonds is 2. The summed E-state index contributed by atoms with van der Waals surface area (Å²) >= 11 is 4.39. The molecular weight excluding hydrogens is 430 g/mol. The summed E-state index contributed by atoms with van der Waals surface area (Å²) in [5, 5.41) is 0. The molecule has 0 aliphatic heterocycles. The summed E-state index contributed by atoms with van der Waals surface area (Å²) in [4.78, 5) is 3.10. The Labute approximate surface area is 111 Å². The normalized spacial score (nSPS) is 12.1. The van der Waals surface area contributed by atoms with Gasteiger partial charge in [-0.05, 0) is 44.6 Å². The van der Waals surface area contributed by atoms with Gasteiger partial charge in [0.25, 0.3) is 15.5 Å². The van der Waals surface area contributed by atoms with E-state index in [1.807, 2.05) is 0 Å². The van der Waals surface area contributed by atoms with Crippen LogP contribution in [0.1, 0.15) is 12.1 Å². The van der Waals surface area contributed by atoms with Crippen LogP contribution in [0.4, 0.5) is 8.78 Å². The number of aromatic nitrogens is 1. The maximum atomic E-state index is 12.3. The van der Waals surface area contributed by atoms with Gasteiger partial charge in [-0.2, -0.15) is 0 Å². The molecule has 0 fully saturated rings. The second-order valence-corrected chi connectivity index (χ2v) is 6.80. The van der Waals surface area contributed by atoms with E-state index in [9.17, 15) is 17.2 Å². The van der Waals surface area contributed by atoms with Gasteiger partial charge in [0, 0.05) is 14.3 Å². The maximum Gasteiger partial charge on any atom is 0.280 e. The Hall–Kier alpha value is 0.460. The quantitative estimate of drug-likeness (QED) is 0.409. The molecule has 15 heavy (non-hydrogen) atoms. The van der Waals surface area contributed by atoms with Gasteiger partial charge in [-0.3, -0.25) is 0 Å². The molecule has 1 aromatic rings. The molecule has 0 amide bonds. The molecule has 0 saturated carbocycles. The van der Waals surface area contributed by atoms with Gasteiger partial charge in [0.05, 0.1) is 0 Å². The highest BCUT2D eigenvalue weighted by atomic mass is 127. The van der Waals surface area contributed by atoms with Crippen LogP contribution in [0.15, 0.2) is 15.6 Å². The van der Waals surface area contributed by atoms with E-state index in [-0.39, 0.29) is 13.1 Å². The molecule has 84 valence electrons. The summed E-state index contributed by atoms with van der Waals surface area (Å²) in [6.45, 7) is 0. The molecule has 0 aliphatic carbocycles. The van der Waals surface area contributed by atoms with Crippen LogP contribution in [-0.4, -0.2) is 13.4 Å². The summed E-state index contributed by atoms with van der Waals surface area (Å²) in [5.74, 6) is 0. The topological polar surface area (TPSA) is 47.0 Å². The molecule has 0 aromatic carbocycles.